The lowest BCUT2D eigenvalue weighted by Gasteiger charge is -2.37. The Morgan fingerprint density at radius 1 is 1.26 bits per heavy atom. The topological polar surface area (TPSA) is 93.9 Å². The molecule has 35 heavy (non-hydrogen) atoms. The molecular weight excluding hydrogens is 451 g/mol. The summed E-state index contributed by atoms with van der Waals surface area (Å²) in [6.45, 7) is 3.40. The summed E-state index contributed by atoms with van der Waals surface area (Å²) >= 11 is 0. The third-order valence-corrected chi connectivity index (χ3v) is 6.04. The van der Waals surface area contributed by atoms with Crippen LogP contribution >= 0.6 is 0 Å². The van der Waals surface area contributed by atoms with Crippen molar-refractivity contribution >= 4 is 23.1 Å². The van der Waals surface area contributed by atoms with Gasteiger partial charge in [0, 0.05) is 24.0 Å². The van der Waals surface area contributed by atoms with Crippen molar-refractivity contribution in [2.24, 2.45) is 0 Å². The van der Waals surface area contributed by atoms with Crippen LogP contribution in [0.25, 0.3) is 5.65 Å². The Labute approximate surface area is 201 Å². The van der Waals surface area contributed by atoms with E-state index in [1.165, 1.54) is 24.9 Å². The molecule has 9 nitrogen and oxygen atoms in total. The molecule has 1 amide bonds. The number of rotatable bonds is 6. The van der Waals surface area contributed by atoms with Gasteiger partial charge in [0.2, 0.25) is 5.88 Å². The van der Waals surface area contributed by atoms with Crippen LogP contribution < -0.4 is 15.0 Å². The van der Waals surface area contributed by atoms with E-state index < -0.39 is 5.82 Å². The van der Waals surface area contributed by atoms with Gasteiger partial charge >= 0.3 is 0 Å². The van der Waals surface area contributed by atoms with Crippen LogP contribution in [0.5, 0.6) is 5.88 Å². The minimum absolute atomic E-state index is 0.302. The van der Waals surface area contributed by atoms with Crippen molar-refractivity contribution < 1.29 is 18.7 Å². The van der Waals surface area contributed by atoms with E-state index in [0.717, 1.165) is 12.6 Å². The summed E-state index contributed by atoms with van der Waals surface area (Å²) in [6, 6.07) is 10.6. The van der Waals surface area contributed by atoms with E-state index in [4.69, 9.17) is 14.5 Å². The highest BCUT2D eigenvalue weighted by molar-refractivity contribution is 6.08. The van der Waals surface area contributed by atoms with Crippen LogP contribution in [0.15, 0.2) is 55.0 Å². The molecule has 1 atom stereocenters. The quantitative estimate of drug-likeness (QED) is 0.454. The largest absolute Gasteiger partial charge is 0.481 e. The molecule has 1 saturated heterocycles. The van der Waals surface area contributed by atoms with Gasteiger partial charge in [-0.1, -0.05) is 19.1 Å². The third-order valence-electron chi connectivity index (χ3n) is 6.04. The first kappa shape index (κ1) is 22.7. The number of aryl methyl sites for hydroxylation is 1. The molecule has 0 radical (unpaired) electrons. The van der Waals surface area contributed by atoms with Crippen molar-refractivity contribution in [2.75, 3.05) is 37.1 Å². The molecule has 1 unspecified atom stereocenters. The van der Waals surface area contributed by atoms with Crippen molar-refractivity contribution in [3.05, 3.63) is 77.5 Å². The van der Waals surface area contributed by atoms with Gasteiger partial charge in [-0.15, -0.1) is 0 Å². The van der Waals surface area contributed by atoms with Gasteiger partial charge in [-0.05, 0) is 36.2 Å². The second kappa shape index (κ2) is 9.67. The number of carbonyl (C=O) groups excluding carboxylic acids is 1. The number of anilines is 2. The van der Waals surface area contributed by atoms with Crippen molar-refractivity contribution in [3.8, 4) is 5.88 Å². The molecular formula is C25H25FN6O3. The molecule has 4 aromatic rings. The zero-order valence-electron chi connectivity index (χ0n) is 19.4. The fourth-order valence-electron chi connectivity index (χ4n) is 4.19. The van der Waals surface area contributed by atoms with Gasteiger partial charge in [-0.3, -0.25) is 4.79 Å². The summed E-state index contributed by atoms with van der Waals surface area (Å²) in [5, 5.41) is 7.19. The van der Waals surface area contributed by atoms with Crippen LogP contribution in [-0.4, -0.2) is 52.4 Å². The third kappa shape index (κ3) is 4.52. The van der Waals surface area contributed by atoms with Crippen LogP contribution in [0, 0.1) is 5.82 Å². The molecule has 0 bridgehead atoms. The molecule has 0 aliphatic carbocycles. The Morgan fingerprint density at radius 2 is 2.09 bits per heavy atom. The first-order chi connectivity index (χ1) is 17.1. The predicted octanol–water partition coefficient (Wildman–Crippen LogP) is 3.66. The fourth-order valence-corrected chi connectivity index (χ4v) is 4.19. The number of pyridine rings is 1. The Balaban J connectivity index is 1.47. The van der Waals surface area contributed by atoms with E-state index in [-0.39, 0.29) is 11.9 Å². The molecule has 0 spiro atoms. The SMILES string of the molecule is CCc1ccc(NC(=O)c2cnn3ccc(N4CCOCC4c4cc(F)cnc4OC)nc23)cc1. The summed E-state index contributed by atoms with van der Waals surface area (Å²) in [5.74, 6) is 0.172. The molecule has 180 valence electrons. The molecule has 3 aromatic heterocycles. The number of morpholine rings is 1. The van der Waals surface area contributed by atoms with E-state index in [1.807, 2.05) is 35.2 Å². The van der Waals surface area contributed by atoms with Gasteiger partial charge in [-0.25, -0.2) is 18.9 Å². The van der Waals surface area contributed by atoms with Gasteiger partial charge in [0.15, 0.2) is 5.65 Å². The monoisotopic (exact) mass is 476 g/mol. The molecule has 1 aromatic carbocycles. The lowest BCUT2D eigenvalue weighted by atomic mass is 10.1. The molecule has 10 heteroatoms. The first-order valence-corrected chi connectivity index (χ1v) is 11.4. The van der Waals surface area contributed by atoms with Crippen LogP contribution in [0.3, 0.4) is 0 Å². The molecule has 0 saturated carbocycles. The van der Waals surface area contributed by atoms with Gasteiger partial charge in [-0.2, -0.15) is 5.10 Å². The maximum Gasteiger partial charge on any atom is 0.261 e. The standard InChI is InChI=1S/C25H25FN6O3/c1-3-16-4-6-18(7-5-16)29-24(33)20-14-28-32-9-8-22(30-23(20)32)31-10-11-35-15-21(31)19-12-17(26)13-27-25(19)34-2/h4-9,12-14,21H,3,10-11,15H2,1-2H3,(H,29,33). The number of carbonyl (C=O) groups is 1. The summed E-state index contributed by atoms with van der Waals surface area (Å²) in [7, 11) is 1.50. The second-order valence-corrected chi connectivity index (χ2v) is 8.15. The average Bonchev–Trinajstić information content (AvgIpc) is 3.32. The van der Waals surface area contributed by atoms with Gasteiger partial charge < -0.3 is 19.7 Å². The number of ether oxygens (including phenoxy) is 2. The van der Waals surface area contributed by atoms with E-state index in [0.29, 0.717) is 53.9 Å². The minimum Gasteiger partial charge on any atom is -0.481 e. The summed E-state index contributed by atoms with van der Waals surface area (Å²) in [4.78, 5) is 23.9. The summed E-state index contributed by atoms with van der Waals surface area (Å²) < 4.78 is 26.7. The lowest BCUT2D eigenvalue weighted by molar-refractivity contribution is 0.0926. The minimum atomic E-state index is -0.462. The number of amides is 1. The summed E-state index contributed by atoms with van der Waals surface area (Å²) in [5.41, 5.74) is 3.22. The number of nitrogens with one attached hydrogen (secondary N) is 1. The summed E-state index contributed by atoms with van der Waals surface area (Å²) in [6.07, 6.45) is 5.29. The van der Waals surface area contributed by atoms with Crippen LogP contribution in [-0.2, 0) is 11.2 Å². The fraction of sp³-hybridized carbons (Fsp3) is 0.280. The van der Waals surface area contributed by atoms with Gasteiger partial charge in [0.1, 0.15) is 17.2 Å². The molecule has 5 rings (SSSR count). The highest BCUT2D eigenvalue weighted by Gasteiger charge is 2.30. The van der Waals surface area contributed by atoms with Crippen LogP contribution in [0.4, 0.5) is 15.9 Å². The Bertz CT molecular complexity index is 1360. The highest BCUT2D eigenvalue weighted by Crippen LogP contribution is 2.33. The van der Waals surface area contributed by atoms with Crippen molar-refractivity contribution in [1.82, 2.24) is 19.6 Å². The lowest BCUT2D eigenvalue weighted by Crippen LogP contribution is -2.40. The number of aromatic nitrogens is 4. The van der Waals surface area contributed by atoms with Gasteiger partial charge in [0.05, 0.1) is 38.8 Å². The number of fused-ring (bicyclic) bond motifs is 1. The molecule has 1 aliphatic rings. The molecule has 1 fully saturated rings. The Kier molecular flexibility index (Phi) is 6.28. The maximum atomic E-state index is 14.0. The molecule has 1 N–H and O–H groups in total. The number of halogens is 1. The van der Waals surface area contributed by atoms with E-state index in [9.17, 15) is 9.18 Å². The van der Waals surface area contributed by atoms with E-state index in [2.05, 4.69) is 22.3 Å². The van der Waals surface area contributed by atoms with Crippen LogP contribution in [0.1, 0.15) is 34.5 Å². The van der Waals surface area contributed by atoms with E-state index >= 15 is 0 Å². The first-order valence-electron chi connectivity index (χ1n) is 11.4. The zero-order valence-corrected chi connectivity index (χ0v) is 19.4. The second-order valence-electron chi connectivity index (χ2n) is 8.15. The van der Waals surface area contributed by atoms with Gasteiger partial charge in [0.25, 0.3) is 5.91 Å². The van der Waals surface area contributed by atoms with Crippen molar-refractivity contribution in [3.63, 3.8) is 0 Å². The number of nitrogens with zero attached hydrogens (tertiary/aromatic N) is 5. The van der Waals surface area contributed by atoms with E-state index in [1.54, 1.807) is 10.7 Å². The van der Waals surface area contributed by atoms with Crippen LogP contribution in [0.2, 0.25) is 0 Å². The normalized spacial score (nSPS) is 15.9. The number of hydrogen-bond acceptors (Lipinski definition) is 7. The number of hydrogen-bond donors (Lipinski definition) is 1. The zero-order chi connectivity index (χ0) is 24.4. The highest BCUT2D eigenvalue weighted by atomic mass is 19.1. The maximum absolute atomic E-state index is 14.0. The number of benzene rings is 1. The molecule has 1 aliphatic heterocycles. The predicted molar refractivity (Wildman–Crippen MR) is 128 cm³/mol. The number of methoxy groups -OCH3 is 1. The van der Waals surface area contributed by atoms with Crippen molar-refractivity contribution in [1.29, 1.82) is 0 Å². The Hall–Kier alpha value is -4.05. The average molecular weight is 477 g/mol. The van der Waals surface area contributed by atoms with Crippen molar-refractivity contribution in [2.45, 2.75) is 19.4 Å². The smallest absolute Gasteiger partial charge is 0.261 e. The molecule has 4 heterocycles. The Morgan fingerprint density at radius 3 is 2.86 bits per heavy atom.